The summed E-state index contributed by atoms with van der Waals surface area (Å²) < 4.78 is 6.92. The number of methoxy groups -OCH3 is 1. The molecule has 7 nitrogen and oxygen atoms in total. The Hall–Kier alpha value is -2.12. The van der Waals surface area contributed by atoms with Crippen molar-refractivity contribution in [1.82, 2.24) is 14.8 Å². The van der Waals surface area contributed by atoms with E-state index >= 15 is 0 Å². The number of amides is 1. The second-order valence-corrected chi connectivity index (χ2v) is 7.04. The molecule has 3 N–H and O–H groups in total. The highest BCUT2D eigenvalue weighted by Crippen LogP contribution is 2.36. The van der Waals surface area contributed by atoms with Gasteiger partial charge in [0.15, 0.2) is 11.6 Å². The van der Waals surface area contributed by atoms with Crippen molar-refractivity contribution in [3.63, 3.8) is 0 Å². The Morgan fingerprint density at radius 2 is 2.15 bits per heavy atom. The zero-order valence-corrected chi connectivity index (χ0v) is 15.4. The van der Waals surface area contributed by atoms with Crippen LogP contribution in [0.4, 0.5) is 0 Å². The number of rotatable bonds is 6. The van der Waals surface area contributed by atoms with Gasteiger partial charge in [-0.05, 0) is 37.0 Å². The Kier molecular flexibility index (Phi) is 5.78. The standard InChI is InChI=1S/C18H23ClN4O3/c1-26-14-8-7-12(19)9-13(14)23-18(21-16(22-23)10-15(20)24)17(25)11-5-3-2-4-6-11/h7-9,11,17,25H,2-6,10H2,1H3,(H2,20,24)/t17-/m1/s1. The van der Waals surface area contributed by atoms with E-state index in [-0.39, 0.29) is 18.2 Å². The van der Waals surface area contributed by atoms with E-state index in [2.05, 4.69) is 10.1 Å². The molecule has 1 fully saturated rings. The summed E-state index contributed by atoms with van der Waals surface area (Å²) in [7, 11) is 1.55. The van der Waals surface area contributed by atoms with Gasteiger partial charge in [-0.25, -0.2) is 9.67 Å². The number of ether oxygens (including phenoxy) is 1. The van der Waals surface area contributed by atoms with Crippen LogP contribution in [0.5, 0.6) is 5.75 Å². The highest BCUT2D eigenvalue weighted by Gasteiger charge is 2.29. The maximum Gasteiger partial charge on any atom is 0.225 e. The summed E-state index contributed by atoms with van der Waals surface area (Å²) in [5, 5.41) is 15.9. The molecule has 8 heteroatoms. The number of nitrogens with two attached hydrogens (primary N) is 1. The first-order chi connectivity index (χ1) is 12.5. The fraction of sp³-hybridized carbons (Fsp3) is 0.500. The van der Waals surface area contributed by atoms with Gasteiger partial charge in [-0.1, -0.05) is 30.9 Å². The number of hydrogen-bond donors (Lipinski definition) is 2. The summed E-state index contributed by atoms with van der Waals surface area (Å²) in [5.74, 6) is 0.775. The Morgan fingerprint density at radius 1 is 1.42 bits per heavy atom. The minimum atomic E-state index is -0.784. The number of primary amides is 1. The molecule has 3 rings (SSSR count). The van der Waals surface area contributed by atoms with Crippen LogP contribution < -0.4 is 10.5 Å². The molecule has 0 aliphatic heterocycles. The predicted octanol–water partition coefficient (Wildman–Crippen LogP) is 2.57. The molecule has 0 unspecified atom stereocenters. The smallest absolute Gasteiger partial charge is 0.225 e. The first-order valence-corrected chi connectivity index (χ1v) is 9.13. The van der Waals surface area contributed by atoms with E-state index in [0.29, 0.717) is 22.3 Å². The second kappa shape index (κ2) is 8.05. The molecule has 1 aromatic carbocycles. The SMILES string of the molecule is COc1ccc(Cl)cc1-n1nc(CC(N)=O)nc1[C@H](O)C1CCCCC1. The maximum atomic E-state index is 11.3. The zero-order chi connectivity index (χ0) is 18.7. The normalized spacial score (nSPS) is 16.4. The van der Waals surface area contributed by atoms with E-state index in [0.717, 1.165) is 25.7 Å². The Bertz CT molecular complexity index is 787. The van der Waals surface area contributed by atoms with Crippen LogP contribution in [-0.4, -0.2) is 32.9 Å². The summed E-state index contributed by atoms with van der Waals surface area (Å²) >= 11 is 6.14. The van der Waals surface area contributed by atoms with E-state index in [1.54, 1.807) is 25.3 Å². The molecule has 26 heavy (non-hydrogen) atoms. The van der Waals surface area contributed by atoms with E-state index in [9.17, 15) is 9.90 Å². The van der Waals surface area contributed by atoms with E-state index in [1.807, 2.05) is 0 Å². The van der Waals surface area contributed by atoms with E-state index < -0.39 is 12.0 Å². The van der Waals surface area contributed by atoms with Gasteiger partial charge in [0.05, 0.1) is 13.5 Å². The van der Waals surface area contributed by atoms with Crippen molar-refractivity contribution in [3.05, 3.63) is 34.9 Å². The summed E-state index contributed by atoms with van der Waals surface area (Å²) in [6.07, 6.45) is 4.35. The highest BCUT2D eigenvalue weighted by molar-refractivity contribution is 6.30. The Morgan fingerprint density at radius 3 is 2.81 bits per heavy atom. The van der Waals surface area contributed by atoms with E-state index in [4.69, 9.17) is 22.1 Å². The first-order valence-electron chi connectivity index (χ1n) is 8.75. The lowest BCUT2D eigenvalue weighted by Gasteiger charge is -2.26. The molecule has 0 saturated heterocycles. The molecule has 1 atom stereocenters. The van der Waals surface area contributed by atoms with E-state index in [1.165, 1.54) is 11.1 Å². The van der Waals surface area contributed by atoms with Crippen LogP contribution in [0.3, 0.4) is 0 Å². The van der Waals surface area contributed by atoms with Crippen LogP contribution in [0, 0.1) is 5.92 Å². The topological polar surface area (TPSA) is 103 Å². The number of benzene rings is 1. The largest absolute Gasteiger partial charge is 0.494 e. The number of aromatic nitrogens is 3. The van der Waals surface area contributed by atoms with Gasteiger partial charge in [0.25, 0.3) is 0 Å². The predicted molar refractivity (Wildman–Crippen MR) is 97.4 cm³/mol. The number of nitrogens with zero attached hydrogens (tertiary/aromatic N) is 3. The Balaban J connectivity index is 2.06. The third-order valence-corrected chi connectivity index (χ3v) is 4.97. The average molecular weight is 379 g/mol. The summed E-state index contributed by atoms with van der Waals surface area (Å²) in [6, 6.07) is 5.13. The molecule has 0 radical (unpaired) electrons. The van der Waals surface area contributed by atoms with Crippen LogP contribution in [0.1, 0.15) is 49.9 Å². The molecular weight excluding hydrogens is 356 g/mol. The van der Waals surface area contributed by atoms with Gasteiger partial charge in [0, 0.05) is 5.02 Å². The summed E-state index contributed by atoms with van der Waals surface area (Å²) in [4.78, 5) is 15.7. The van der Waals surface area contributed by atoms with Crippen molar-refractivity contribution in [3.8, 4) is 11.4 Å². The number of hydrogen-bond acceptors (Lipinski definition) is 5. The van der Waals surface area contributed by atoms with Crippen molar-refractivity contribution < 1.29 is 14.6 Å². The number of halogens is 1. The van der Waals surface area contributed by atoms with Crippen LogP contribution >= 0.6 is 11.6 Å². The fourth-order valence-electron chi connectivity index (χ4n) is 3.46. The van der Waals surface area contributed by atoms with Gasteiger partial charge in [0.1, 0.15) is 17.5 Å². The lowest BCUT2D eigenvalue weighted by atomic mass is 9.85. The van der Waals surface area contributed by atoms with Crippen molar-refractivity contribution in [2.24, 2.45) is 11.7 Å². The molecule has 140 valence electrons. The van der Waals surface area contributed by atoms with Crippen molar-refractivity contribution in [1.29, 1.82) is 0 Å². The molecule has 1 aliphatic rings. The van der Waals surface area contributed by atoms with Crippen LogP contribution in [0.15, 0.2) is 18.2 Å². The number of carbonyl (C=O) groups is 1. The second-order valence-electron chi connectivity index (χ2n) is 6.60. The van der Waals surface area contributed by atoms with Crippen molar-refractivity contribution in [2.45, 2.75) is 44.6 Å². The first kappa shape index (κ1) is 18.7. The van der Waals surface area contributed by atoms with Crippen LogP contribution in [-0.2, 0) is 11.2 Å². The molecule has 1 saturated carbocycles. The van der Waals surface area contributed by atoms with Gasteiger partial charge in [-0.2, -0.15) is 5.10 Å². The highest BCUT2D eigenvalue weighted by atomic mass is 35.5. The molecule has 1 amide bonds. The number of aliphatic hydroxyl groups is 1. The van der Waals surface area contributed by atoms with Gasteiger partial charge in [-0.15, -0.1) is 0 Å². The molecule has 1 aromatic heterocycles. The fourth-order valence-corrected chi connectivity index (χ4v) is 3.62. The van der Waals surface area contributed by atoms with Gasteiger partial charge >= 0.3 is 0 Å². The quantitative estimate of drug-likeness (QED) is 0.804. The minimum absolute atomic E-state index is 0.0970. The monoisotopic (exact) mass is 378 g/mol. The molecule has 1 heterocycles. The number of carbonyl (C=O) groups excluding carboxylic acids is 1. The zero-order valence-electron chi connectivity index (χ0n) is 14.7. The van der Waals surface area contributed by atoms with Crippen LogP contribution in [0.25, 0.3) is 5.69 Å². The van der Waals surface area contributed by atoms with Gasteiger partial charge in [0.2, 0.25) is 5.91 Å². The van der Waals surface area contributed by atoms with Gasteiger partial charge < -0.3 is 15.6 Å². The van der Waals surface area contributed by atoms with Crippen LogP contribution in [0.2, 0.25) is 5.02 Å². The molecule has 0 spiro atoms. The molecular formula is C18H23ClN4O3. The van der Waals surface area contributed by atoms with Crippen molar-refractivity contribution >= 4 is 17.5 Å². The van der Waals surface area contributed by atoms with Gasteiger partial charge in [-0.3, -0.25) is 4.79 Å². The average Bonchev–Trinajstić information content (AvgIpc) is 3.04. The Labute approximate surface area is 157 Å². The third kappa shape index (κ3) is 3.99. The maximum absolute atomic E-state index is 11.3. The lowest BCUT2D eigenvalue weighted by Crippen LogP contribution is -2.20. The third-order valence-electron chi connectivity index (χ3n) is 4.74. The van der Waals surface area contributed by atoms with Crippen molar-refractivity contribution in [2.75, 3.05) is 7.11 Å². The minimum Gasteiger partial charge on any atom is -0.494 e. The summed E-state index contributed by atoms with van der Waals surface area (Å²) in [5.41, 5.74) is 5.85. The molecule has 1 aliphatic carbocycles. The molecule has 2 aromatic rings. The lowest BCUT2D eigenvalue weighted by molar-refractivity contribution is -0.117. The molecule has 0 bridgehead atoms. The number of aliphatic hydroxyl groups excluding tert-OH is 1. The summed E-state index contributed by atoms with van der Waals surface area (Å²) in [6.45, 7) is 0.